The van der Waals surface area contributed by atoms with Gasteiger partial charge in [-0.2, -0.15) is 0 Å². The van der Waals surface area contributed by atoms with E-state index in [1.807, 2.05) is 13.8 Å². The van der Waals surface area contributed by atoms with Crippen LogP contribution in [-0.2, 0) is 17.8 Å². The van der Waals surface area contributed by atoms with Crippen LogP contribution < -0.4 is 4.72 Å². The van der Waals surface area contributed by atoms with Gasteiger partial charge in [-0.25, -0.2) is 17.4 Å². The van der Waals surface area contributed by atoms with Gasteiger partial charge in [-0.3, -0.25) is 19.0 Å². The zero-order valence-corrected chi connectivity index (χ0v) is 17.3. The molecule has 1 saturated heterocycles. The molecule has 0 saturated carbocycles. The number of nitrogens with zero attached hydrogens (tertiary/aromatic N) is 2. The number of nitrogens with one attached hydrogen (secondary N) is 1. The second kappa shape index (κ2) is 9.15. The first-order valence-corrected chi connectivity index (χ1v) is 10.4. The van der Waals surface area contributed by atoms with Gasteiger partial charge < -0.3 is 4.90 Å². The van der Waals surface area contributed by atoms with Gasteiger partial charge in [0.05, 0.1) is 0 Å². The molecule has 0 spiro atoms. The highest BCUT2D eigenvalue weighted by atomic mass is 32.2. The maximum Gasteiger partial charge on any atom is 0.259 e. The fourth-order valence-corrected chi connectivity index (χ4v) is 4.17. The summed E-state index contributed by atoms with van der Waals surface area (Å²) < 4.78 is 63.4. The van der Waals surface area contributed by atoms with Gasteiger partial charge in [0.15, 0.2) is 11.6 Å². The standard InChI is InChI=1S/C20H22F3N3O3S/c1-12-9-25(11-16-17(21)7-8-18(22)19(16)23)10-13(2)26(12)20(27)14-3-5-15(6-4-14)24-30(28)29/h3-8,12-13,24H,9-11H2,1-2H3,(H,28,29). The molecule has 0 radical (unpaired) electrons. The Balaban J connectivity index is 1.71. The molecule has 1 aliphatic heterocycles. The maximum atomic E-state index is 14.0. The van der Waals surface area contributed by atoms with E-state index in [9.17, 15) is 22.2 Å². The normalized spacial score (nSPS) is 20.8. The highest BCUT2D eigenvalue weighted by Gasteiger charge is 2.34. The highest BCUT2D eigenvalue weighted by molar-refractivity contribution is 7.80. The average molecular weight is 441 g/mol. The lowest BCUT2D eigenvalue weighted by atomic mass is 10.0. The summed E-state index contributed by atoms with van der Waals surface area (Å²) in [6.07, 6.45) is 0. The smallest absolute Gasteiger partial charge is 0.259 e. The van der Waals surface area contributed by atoms with Crippen molar-refractivity contribution in [1.29, 1.82) is 0 Å². The fourth-order valence-electron chi connectivity index (χ4n) is 3.83. The Kier molecular flexibility index (Phi) is 6.79. The van der Waals surface area contributed by atoms with E-state index in [1.165, 1.54) is 12.1 Å². The van der Waals surface area contributed by atoms with Gasteiger partial charge in [-0.1, -0.05) is 0 Å². The first-order valence-electron chi connectivity index (χ1n) is 9.32. The Bertz CT molecular complexity index is 946. The van der Waals surface area contributed by atoms with Crippen molar-refractivity contribution in [2.24, 2.45) is 0 Å². The average Bonchev–Trinajstić information content (AvgIpc) is 2.68. The lowest BCUT2D eigenvalue weighted by Gasteiger charge is -2.44. The zero-order chi connectivity index (χ0) is 22.0. The van der Waals surface area contributed by atoms with E-state index in [0.717, 1.165) is 12.1 Å². The van der Waals surface area contributed by atoms with Crippen LogP contribution >= 0.6 is 0 Å². The van der Waals surface area contributed by atoms with Crippen LogP contribution in [0, 0.1) is 17.5 Å². The van der Waals surface area contributed by atoms with Crippen molar-refractivity contribution in [3.8, 4) is 0 Å². The van der Waals surface area contributed by atoms with Crippen molar-refractivity contribution < 1.29 is 26.7 Å². The summed E-state index contributed by atoms with van der Waals surface area (Å²) in [5, 5.41) is 0. The number of anilines is 1. The molecule has 30 heavy (non-hydrogen) atoms. The monoisotopic (exact) mass is 441 g/mol. The van der Waals surface area contributed by atoms with Crippen LogP contribution in [0.3, 0.4) is 0 Å². The topological polar surface area (TPSA) is 72.9 Å². The Morgan fingerprint density at radius 3 is 2.20 bits per heavy atom. The summed E-state index contributed by atoms with van der Waals surface area (Å²) in [6, 6.07) is 7.35. The van der Waals surface area contributed by atoms with E-state index < -0.39 is 28.7 Å². The Hall–Kier alpha value is -2.43. The Morgan fingerprint density at radius 2 is 1.63 bits per heavy atom. The minimum Gasteiger partial charge on any atom is -0.331 e. The van der Waals surface area contributed by atoms with Gasteiger partial charge in [-0.05, 0) is 50.2 Å². The first-order chi connectivity index (χ1) is 14.2. The Morgan fingerprint density at radius 1 is 1.07 bits per heavy atom. The van der Waals surface area contributed by atoms with E-state index in [0.29, 0.717) is 24.3 Å². The van der Waals surface area contributed by atoms with Gasteiger partial charge in [0.1, 0.15) is 5.82 Å². The third-order valence-electron chi connectivity index (χ3n) is 5.09. The second-order valence-electron chi connectivity index (χ2n) is 7.35. The summed E-state index contributed by atoms with van der Waals surface area (Å²) in [7, 11) is 0. The lowest BCUT2D eigenvalue weighted by Crippen LogP contribution is -2.58. The number of hydrogen-bond donors (Lipinski definition) is 2. The molecule has 2 aromatic carbocycles. The summed E-state index contributed by atoms with van der Waals surface area (Å²) in [5.74, 6) is -3.30. The lowest BCUT2D eigenvalue weighted by molar-refractivity contribution is 0.0262. The maximum absolute atomic E-state index is 14.0. The highest BCUT2D eigenvalue weighted by Crippen LogP contribution is 2.24. The molecule has 1 fully saturated rings. The molecule has 0 aromatic heterocycles. The molecule has 2 N–H and O–H groups in total. The molecule has 162 valence electrons. The largest absolute Gasteiger partial charge is 0.331 e. The SMILES string of the molecule is CC1CN(Cc2c(F)ccc(F)c2F)CC(C)N1C(=O)c1ccc(NS(=O)O)cc1. The molecule has 0 aliphatic carbocycles. The minimum absolute atomic E-state index is 0.0925. The number of rotatable bonds is 5. The van der Waals surface area contributed by atoms with E-state index in [-0.39, 0.29) is 30.1 Å². The van der Waals surface area contributed by atoms with Crippen molar-refractivity contribution in [3.63, 3.8) is 0 Å². The van der Waals surface area contributed by atoms with Gasteiger partial charge in [0, 0.05) is 48.5 Å². The molecule has 3 rings (SSSR count). The number of piperazine rings is 1. The van der Waals surface area contributed by atoms with E-state index in [1.54, 1.807) is 21.9 Å². The molecular formula is C20H22F3N3O3S. The van der Waals surface area contributed by atoms with Crippen LogP contribution in [0.1, 0.15) is 29.8 Å². The number of carbonyl (C=O) groups excluding carboxylic acids is 1. The van der Waals surface area contributed by atoms with Crippen LogP contribution in [0.5, 0.6) is 0 Å². The van der Waals surface area contributed by atoms with Gasteiger partial charge in [0.25, 0.3) is 17.2 Å². The molecule has 0 bridgehead atoms. The summed E-state index contributed by atoms with van der Waals surface area (Å²) >= 11 is -2.20. The fraction of sp³-hybridized carbons (Fsp3) is 0.350. The van der Waals surface area contributed by atoms with Crippen LogP contribution in [-0.4, -0.2) is 49.6 Å². The number of carbonyl (C=O) groups is 1. The van der Waals surface area contributed by atoms with Crippen LogP contribution in [0.15, 0.2) is 36.4 Å². The van der Waals surface area contributed by atoms with Crippen LogP contribution in [0.25, 0.3) is 0 Å². The molecular weight excluding hydrogens is 419 g/mol. The Labute approximate surface area is 175 Å². The van der Waals surface area contributed by atoms with Crippen molar-refractivity contribution in [1.82, 2.24) is 9.80 Å². The number of hydrogen-bond acceptors (Lipinski definition) is 3. The predicted octanol–water partition coefficient (Wildman–Crippen LogP) is 3.39. The molecule has 10 heteroatoms. The first kappa shape index (κ1) is 22.3. The molecule has 3 unspecified atom stereocenters. The van der Waals surface area contributed by atoms with Crippen molar-refractivity contribution in [2.75, 3.05) is 17.8 Å². The molecule has 1 amide bonds. The summed E-state index contributed by atoms with van der Waals surface area (Å²) in [6.45, 7) is 4.32. The molecule has 2 aromatic rings. The second-order valence-corrected chi connectivity index (χ2v) is 8.06. The predicted molar refractivity (Wildman–Crippen MR) is 108 cm³/mol. The van der Waals surface area contributed by atoms with E-state index in [2.05, 4.69) is 4.72 Å². The van der Waals surface area contributed by atoms with Gasteiger partial charge >= 0.3 is 0 Å². The van der Waals surface area contributed by atoms with Crippen molar-refractivity contribution >= 4 is 22.9 Å². The van der Waals surface area contributed by atoms with Crippen molar-refractivity contribution in [3.05, 3.63) is 65.0 Å². The zero-order valence-electron chi connectivity index (χ0n) is 16.4. The quantitative estimate of drug-likeness (QED) is 0.551. The van der Waals surface area contributed by atoms with Gasteiger partial charge in [-0.15, -0.1) is 0 Å². The van der Waals surface area contributed by atoms with Gasteiger partial charge in [0.2, 0.25) is 0 Å². The van der Waals surface area contributed by atoms with E-state index >= 15 is 0 Å². The van der Waals surface area contributed by atoms with Crippen LogP contribution in [0.4, 0.5) is 18.9 Å². The van der Waals surface area contributed by atoms with Crippen molar-refractivity contribution in [2.45, 2.75) is 32.5 Å². The summed E-state index contributed by atoms with van der Waals surface area (Å²) in [4.78, 5) is 16.5. The van der Waals surface area contributed by atoms with Crippen LogP contribution in [0.2, 0.25) is 0 Å². The number of benzene rings is 2. The third-order valence-corrected chi connectivity index (χ3v) is 5.50. The summed E-state index contributed by atoms with van der Waals surface area (Å²) in [5.41, 5.74) is 0.495. The minimum atomic E-state index is -2.20. The molecule has 1 aliphatic rings. The number of halogens is 3. The third kappa shape index (κ3) is 4.82. The molecule has 3 atom stereocenters. The van der Waals surface area contributed by atoms with E-state index in [4.69, 9.17) is 4.55 Å². The number of amides is 1. The molecule has 6 nitrogen and oxygen atoms in total. The molecule has 1 heterocycles.